The Balaban J connectivity index is 1.65. The van der Waals surface area contributed by atoms with Gasteiger partial charge in [-0.2, -0.15) is 0 Å². The third kappa shape index (κ3) is 2.92. The maximum Gasteiger partial charge on any atom is 0.0914 e. The Bertz CT molecular complexity index is 552. The largest absolute Gasteiger partial charge is 0.387 e. The lowest BCUT2D eigenvalue weighted by Gasteiger charge is -2.27. The maximum atomic E-state index is 10.2. The van der Waals surface area contributed by atoms with Crippen LogP contribution >= 0.6 is 0 Å². The highest BCUT2D eigenvalue weighted by atomic mass is 16.3. The summed E-state index contributed by atoms with van der Waals surface area (Å²) in [6.07, 6.45) is 3.11. The van der Waals surface area contributed by atoms with E-state index < -0.39 is 6.10 Å². The van der Waals surface area contributed by atoms with Crippen molar-refractivity contribution >= 4 is 0 Å². The zero-order chi connectivity index (χ0) is 13.8. The van der Waals surface area contributed by atoms with Gasteiger partial charge in [0.15, 0.2) is 0 Å². The summed E-state index contributed by atoms with van der Waals surface area (Å²) in [5.74, 6) is 0. The van der Waals surface area contributed by atoms with Gasteiger partial charge in [0, 0.05) is 12.6 Å². The van der Waals surface area contributed by atoms with E-state index in [0.717, 1.165) is 12.0 Å². The van der Waals surface area contributed by atoms with Crippen LogP contribution in [0.4, 0.5) is 0 Å². The topological polar surface area (TPSA) is 32.3 Å². The van der Waals surface area contributed by atoms with Crippen molar-refractivity contribution in [1.29, 1.82) is 0 Å². The van der Waals surface area contributed by atoms with Gasteiger partial charge in [0.2, 0.25) is 0 Å². The van der Waals surface area contributed by atoms with E-state index in [-0.39, 0.29) is 0 Å². The van der Waals surface area contributed by atoms with Crippen molar-refractivity contribution in [3.8, 4) is 0 Å². The van der Waals surface area contributed by atoms with Gasteiger partial charge in [-0.15, -0.1) is 0 Å². The van der Waals surface area contributed by atoms with Crippen molar-refractivity contribution < 1.29 is 5.11 Å². The van der Waals surface area contributed by atoms with Crippen molar-refractivity contribution in [3.63, 3.8) is 0 Å². The lowest BCUT2D eigenvalue weighted by atomic mass is 9.87. The molecule has 2 N–H and O–H groups in total. The number of benzene rings is 2. The minimum Gasteiger partial charge on any atom is -0.387 e. The smallest absolute Gasteiger partial charge is 0.0914 e. The quantitative estimate of drug-likeness (QED) is 0.890. The van der Waals surface area contributed by atoms with E-state index in [2.05, 4.69) is 29.6 Å². The van der Waals surface area contributed by atoms with Crippen LogP contribution in [0.1, 0.15) is 41.7 Å². The number of hydrogen-bond donors (Lipinski definition) is 2. The van der Waals surface area contributed by atoms with Gasteiger partial charge < -0.3 is 10.4 Å². The minimum atomic E-state index is -0.440. The maximum absolute atomic E-state index is 10.2. The van der Waals surface area contributed by atoms with Gasteiger partial charge in [-0.3, -0.25) is 0 Å². The monoisotopic (exact) mass is 267 g/mol. The molecule has 104 valence electrons. The molecule has 0 saturated carbocycles. The van der Waals surface area contributed by atoms with Crippen molar-refractivity contribution in [2.75, 3.05) is 6.54 Å². The number of rotatable bonds is 4. The molecule has 0 aromatic heterocycles. The van der Waals surface area contributed by atoms with Crippen LogP contribution in [-0.2, 0) is 6.42 Å². The normalized spacial score (nSPS) is 19.4. The average molecular weight is 267 g/mol. The van der Waals surface area contributed by atoms with Gasteiger partial charge in [0.05, 0.1) is 6.10 Å². The number of fused-ring (bicyclic) bond motifs is 1. The third-order valence-electron chi connectivity index (χ3n) is 4.11. The molecule has 0 bridgehead atoms. The van der Waals surface area contributed by atoms with Gasteiger partial charge in [0.25, 0.3) is 0 Å². The molecule has 0 heterocycles. The summed E-state index contributed by atoms with van der Waals surface area (Å²) in [6, 6.07) is 18.9. The molecule has 1 aliphatic carbocycles. The van der Waals surface area contributed by atoms with Crippen molar-refractivity contribution in [1.82, 2.24) is 5.32 Å². The summed E-state index contributed by atoms with van der Waals surface area (Å²) < 4.78 is 0. The Morgan fingerprint density at radius 3 is 2.65 bits per heavy atom. The lowest BCUT2D eigenvalue weighted by molar-refractivity contribution is 0.168. The fourth-order valence-electron chi connectivity index (χ4n) is 3.01. The molecule has 0 aliphatic heterocycles. The summed E-state index contributed by atoms with van der Waals surface area (Å²) in [6.45, 7) is 0.600. The summed E-state index contributed by atoms with van der Waals surface area (Å²) in [5.41, 5.74) is 3.83. The van der Waals surface area contributed by atoms with Gasteiger partial charge in [-0.25, -0.2) is 0 Å². The van der Waals surface area contributed by atoms with E-state index in [1.807, 2.05) is 30.3 Å². The van der Waals surface area contributed by atoms with Crippen LogP contribution < -0.4 is 5.32 Å². The van der Waals surface area contributed by atoms with Crippen molar-refractivity contribution in [2.45, 2.75) is 31.4 Å². The van der Waals surface area contributed by atoms with E-state index in [0.29, 0.717) is 12.6 Å². The molecule has 2 nitrogen and oxygen atoms in total. The van der Waals surface area contributed by atoms with Gasteiger partial charge in [-0.1, -0.05) is 54.6 Å². The first-order valence-corrected chi connectivity index (χ1v) is 7.39. The van der Waals surface area contributed by atoms with Crippen molar-refractivity contribution in [3.05, 3.63) is 71.3 Å². The second kappa shape index (κ2) is 6.21. The van der Waals surface area contributed by atoms with E-state index in [4.69, 9.17) is 0 Å². The second-order valence-corrected chi connectivity index (χ2v) is 5.48. The van der Waals surface area contributed by atoms with E-state index in [1.54, 1.807) is 0 Å². The highest BCUT2D eigenvalue weighted by molar-refractivity contribution is 5.32. The molecule has 0 radical (unpaired) electrons. The van der Waals surface area contributed by atoms with Crippen LogP contribution in [0.5, 0.6) is 0 Å². The van der Waals surface area contributed by atoms with Gasteiger partial charge in [-0.05, 0) is 36.0 Å². The van der Waals surface area contributed by atoms with Crippen LogP contribution in [0.3, 0.4) is 0 Å². The zero-order valence-corrected chi connectivity index (χ0v) is 11.6. The molecule has 2 aromatic carbocycles. The molecule has 0 saturated heterocycles. The minimum absolute atomic E-state index is 0.373. The molecule has 2 aromatic rings. The Kier molecular flexibility index (Phi) is 4.14. The molecule has 0 unspecified atom stereocenters. The molecule has 2 atom stereocenters. The van der Waals surface area contributed by atoms with Crippen LogP contribution in [0, 0.1) is 0 Å². The third-order valence-corrected chi connectivity index (χ3v) is 4.11. The molecule has 20 heavy (non-hydrogen) atoms. The fraction of sp³-hybridized carbons (Fsp3) is 0.333. The Morgan fingerprint density at radius 2 is 1.80 bits per heavy atom. The van der Waals surface area contributed by atoms with Gasteiger partial charge >= 0.3 is 0 Å². The molecule has 3 rings (SSSR count). The predicted octanol–water partition coefficient (Wildman–Crippen LogP) is 3.39. The number of aliphatic hydroxyl groups excluding tert-OH is 1. The Hall–Kier alpha value is -1.64. The number of aryl methyl sites for hydroxylation is 1. The molecule has 2 heteroatoms. The summed E-state index contributed by atoms with van der Waals surface area (Å²) in [5, 5.41) is 13.8. The molecule has 0 spiro atoms. The number of hydrogen-bond acceptors (Lipinski definition) is 2. The molecular weight excluding hydrogens is 246 g/mol. The molecule has 1 aliphatic rings. The summed E-state index contributed by atoms with van der Waals surface area (Å²) in [4.78, 5) is 0. The Morgan fingerprint density at radius 1 is 1.05 bits per heavy atom. The molecule has 0 fully saturated rings. The first kappa shape index (κ1) is 13.3. The van der Waals surface area contributed by atoms with Crippen LogP contribution in [0.2, 0.25) is 0 Å². The second-order valence-electron chi connectivity index (χ2n) is 5.48. The van der Waals surface area contributed by atoms with Crippen molar-refractivity contribution in [2.24, 2.45) is 0 Å². The van der Waals surface area contributed by atoms with E-state index >= 15 is 0 Å². The SMILES string of the molecule is O[C@H](CN[C@@H]1CCCc2ccccc21)c1ccccc1. The van der Waals surface area contributed by atoms with E-state index in [9.17, 15) is 5.11 Å². The number of aliphatic hydroxyl groups is 1. The average Bonchev–Trinajstić information content (AvgIpc) is 2.53. The lowest BCUT2D eigenvalue weighted by Crippen LogP contribution is -2.29. The summed E-state index contributed by atoms with van der Waals surface area (Å²) >= 11 is 0. The summed E-state index contributed by atoms with van der Waals surface area (Å²) in [7, 11) is 0. The van der Waals surface area contributed by atoms with Crippen LogP contribution in [0.25, 0.3) is 0 Å². The fourth-order valence-corrected chi connectivity index (χ4v) is 3.01. The van der Waals surface area contributed by atoms with Crippen LogP contribution in [-0.4, -0.2) is 11.7 Å². The highest BCUT2D eigenvalue weighted by Crippen LogP contribution is 2.29. The zero-order valence-electron chi connectivity index (χ0n) is 11.6. The number of nitrogens with one attached hydrogen (secondary N) is 1. The van der Waals surface area contributed by atoms with Crippen LogP contribution in [0.15, 0.2) is 54.6 Å². The Labute approximate surface area is 120 Å². The highest BCUT2D eigenvalue weighted by Gasteiger charge is 2.20. The predicted molar refractivity (Wildman–Crippen MR) is 81.5 cm³/mol. The standard InChI is InChI=1S/C18H21NO/c20-18(15-8-2-1-3-9-15)13-19-17-12-6-10-14-7-4-5-11-16(14)17/h1-5,7-9,11,17-20H,6,10,12-13H2/t17-,18-/m1/s1. The van der Waals surface area contributed by atoms with E-state index in [1.165, 1.54) is 24.0 Å². The molecule has 0 amide bonds. The molecular formula is C18H21NO. The first-order valence-electron chi connectivity index (χ1n) is 7.39. The van der Waals surface area contributed by atoms with Gasteiger partial charge in [0.1, 0.15) is 0 Å². The first-order chi connectivity index (χ1) is 9.84.